The number of anilines is 1. The largest absolute Gasteiger partial charge is 0.504 e. The molecule has 2 heterocycles. The van der Waals surface area contributed by atoms with Gasteiger partial charge in [-0.15, -0.1) is 0 Å². The van der Waals surface area contributed by atoms with Crippen LogP contribution in [0.15, 0.2) is 42.5 Å². The fraction of sp³-hybridized carbons (Fsp3) is 0.538. The molecule has 2 saturated carbocycles. The van der Waals surface area contributed by atoms with Crippen LogP contribution < -0.4 is 10.1 Å². The molecule has 0 aromatic heterocycles. The molecule has 3 N–H and O–H groups in total. The normalized spacial score (nSPS) is 37.8. The number of ether oxygens (including phenoxy) is 1. The van der Waals surface area contributed by atoms with Gasteiger partial charge in [0.1, 0.15) is 6.10 Å². The fourth-order valence-electron chi connectivity index (χ4n) is 7.38. The molecule has 2 aromatic rings. The van der Waals surface area contributed by atoms with Crippen LogP contribution in [-0.2, 0) is 11.8 Å². The number of aromatic hydroxyl groups is 1. The molecule has 3 fully saturated rings. The summed E-state index contributed by atoms with van der Waals surface area (Å²) < 4.78 is 6.60. The molecule has 5 aliphatic rings. The quantitative estimate of drug-likeness (QED) is 0.710. The lowest BCUT2D eigenvalue weighted by molar-refractivity contribution is -0.187. The van der Waals surface area contributed by atoms with Gasteiger partial charge < -0.3 is 20.3 Å². The highest BCUT2D eigenvalue weighted by atomic mass is 16.5. The first-order valence-corrected chi connectivity index (χ1v) is 11.9. The summed E-state index contributed by atoms with van der Waals surface area (Å²) in [5.74, 6) is 1.64. The molecule has 5 heteroatoms. The van der Waals surface area contributed by atoms with E-state index < -0.39 is 11.0 Å². The minimum absolute atomic E-state index is 0.0936. The molecule has 1 spiro atoms. The highest BCUT2D eigenvalue weighted by Crippen LogP contribution is 2.65. The molecule has 2 aromatic carbocycles. The third-order valence-electron chi connectivity index (χ3n) is 8.89. The summed E-state index contributed by atoms with van der Waals surface area (Å²) in [5.41, 5.74) is 2.17. The Bertz CT molecular complexity index is 1040. The number of aliphatic hydroxyl groups is 1. The third-order valence-corrected chi connectivity index (χ3v) is 8.89. The summed E-state index contributed by atoms with van der Waals surface area (Å²) in [6.45, 7) is 2.11. The zero-order valence-corrected chi connectivity index (χ0v) is 17.8. The van der Waals surface area contributed by atoms with Crippen LogP contribution in [0.3, 0.4) is 0 Å². The summed E-state index contributed by atoms with van der Waals surface area (Å²) in [6.07, 6.45) is 5.83. The van der Waals surface area contributed by atoms with Gasteiger partial charge in [-0.05, 0) is 74.8 Å². The highest BCUT2D eigenvalue weighted by Gasteiger charge is 2.73. The summed E-state index contributed by atoms with van der Waals surface area (Å²) in [4.78, 5) is 2.58. The van der Waals surface area contributed by atoms with Crippen molar-refractivity contribution >= 4 is 5.69 Å². The fourth-order valence-corrected chi connectivity index (χ4v) is 7.38. The Morgan fingerprint density at radius 1 is 1.06 bits per heavy atom. The third kappa shape index (κ3) is 2.34. The minimum Gasteiger partial charge on any atom is -0.504 e. The molecule has 2 aliphatic heterocycles. The molecule has 0 radical (unpaired) electrons. The Morgan fingerprint density at radius 3 is 2.71 bits per heavy atom. The second kappa shape index (κ2) is 6.17. The maximum atomic E-state index is 12.5. The van der Waals surface area contributed by atoms with Gasteiger partial charge in [0.15, 0.2) is 11.5 Å². The number of phenolic OH excluding ortho intramolecular Hbond substituents is 1. The predicted molar refractivity (Wildman–Crippen MR) is 119 cm³/mol. The Kier molecular flexibility index (Phi) is 3.65. The van der Waals surface area contributed by atoms with E-state index in [-0.39, 0.29) is 23.9 Å². The highest BCUT2D eigenvalue weighted by molar-refractivity contribution is 5.63. The van der Waals surface area contributed by atoms with Crippen LogP contribution in [-0.4, -0.2) is 52.0 Å². The second-order valence-electron chi connectivity index (χ2n) is 10.4. The van der Waals surface area contributed by atoms with Crippen molar-refractivity contribution in [2.24, 2.45) is 5.92 Å². The van der Waals surface area contributed by atoms with E-state index >= 15 is 0 Å². The molecule has 7 rings (SSSR count). The van der Waals surface area contributed by atoms with Gasteiger partial charge in [-0.1, -0.05) is 24.3 Å². The van der Waals surface area contributed by atoms with E-state index in [2.05, 4.69) is 28.4 Å². The van der Waals surface area contributed by atoms with Crippen molar-refractivity contribution in [2.45, 2.75) is 67.7 Å². The van der Waals surface area contributed by atoms with E-state index in [9.17, 15) is 10.2 Å². The Balaban J connectivity index is 1.35. The number of hydrogen-bond donors (Lipinski definition) is 3. The van der Waals surface area contributed by atoms with E-state index in [1.54, 1.807) is 6.07 Å². The van der Waals surface area contributed by atoms with Crippen LogP contribution in [0.4, 0.5) is 5.69 Å². The molecule has 3 aliphatic carbocycles. The topological polar surface area (TPSA) is 65.0 Å². The predicted octanol–water partition coefficient (Wildman–Crippen LogP) is 3.44. The van der Waals surface area contributed by atoms with E-state index in [4.69, 9.17) is 4.74 Å². The summed E-state index contributed by atoms with van der Waals surface area (Å²) in [6, 6.07) is 14.4. The number of likely N-dealkylation sites (tertiary alicyclic amines) is 1. The average molecular weight is 419 g/mol. The zero-order chi connectivity index (χ0) is 20.8. The lowest BCUT2D eigenvalue weighted by Gasteiger charge is -2.64. The number of nitrogens with zero attached hydrogens (tertiary/aromatic N) is 1. The molecule has 5 nitrogen and oxygen atoms in total. The number of para-hydroxylation sites is 1. The first kappa shape index (κ1) is 18.3. The summed E-state index contributed by atoms with van der Waals surface area (Å²) in [7, 11) is 0. The smallest absolute Gasteiger partial charge is 0.165 e. The van der Waals surface area contributed by atoms with Gasteiger partial charge >= 0.3 is 0 Å². The number of nitrogens with one attached hydrogen (secondary N) is 1. The van der Waals surface area contributed by atoms with E-state index in [1.165, 1.54) is 18.4 Å². The lowest BCUT2D eigenvalue weighted by Crippen LogP contribution is -2.77. The lowest BCUT2D eigenvalue weighted by atomic mass is 9.48. The van der Waals surface area contributed by atoms with Crippen LogP contribution in [0.25, 0.3) is 0 Å². The van der Waals surface area contributed by atoms with Crippen LogP contribution in [0.2, 0.25) is 0 Å². The van der Waals surface area contributed by atoms with Gasteiger partial charge in [0, 0.05) is 23.8 Å². The van der Waals surface area contributed by atoms with Gasteiger partial charge in [-0.2, -0.15) is 0 Å². The second-order valence-corrected chi connectivity index (χ2v) is 10.4. The molecule has 162 valence electrons. The standard InChI is InChI=1S/C26H30N2O3/c29-20-9-8-17-14-21-26(30)11-10-19(27-18-4-2-1-3-5-18)24-25(26,22(17)23(20)31-24)12-13-28(21)15-16-6-7-16/h1-5,8-9,16,19,21,24,27,29-30H,6-7,10-15H2/t19?,21-,24+,25+,26-/m1/s1. The molecule has 2 bridgehead atoms. The molecule has 5 atom stereocenters. The van der Waals surface area contributed by atoms with Crippen LogP contribution >= 0.6 is 0 Å². The first-order valence-electron chi connectivity index (χ1n) is 11.9. The Labute approximate surface area is 183 Å². The van der Waals surface area contributed by atoms with E-state index in [0.717, 1.165) is 55.9 Å². The maximum absolute atomic E-state index is 12.5. The summed E-state index contributed by atoms with van der Waals surface area (Å²) in [5, 5.41) is 26.9. The minimum atomic E-state index is -0.814. The van der Waals surface area contributed by atoms with Gasteiger partial charge in [0.2, 0.25) is 0 Å². The maximum Gasteiger partial charge on any atom is 0.165 e. The number of phenols is 1. The van der Waals surface area contributed by atoms with Crippen LogP contribution in [0, 0.1) is 5.92 Å². The first-order chi connectivity index (χ1) is 15.1. The van der Waals surface area contributed by atoms with Gasteiger partial charge in [-0.25, -0.2) is 0 Å². The van der Waals surface area contributed by atoms with Gasteiger partial charge in [0.25, 0.3) is 0 Å². The Hall–Kier alpha value is -2.24. The molecule has 1 unspecified atom stereocenters. The van der Waals surface area contributed by atoms with Crippen molar-refractivity contribution in [2.75, 3.05) is 18.4 Å². The molecule has 0 amide bonds. The van der Waals surface area contributed by atoms with Crippen LogP contribution in [0.1, 0.15) is 43.2 Å². The van der Waals surface area contributed by atoms with E-state index in [1.807, 2.05) is 18.2 Å². The van der Waals surface area contributed by atoms with Crippen LogP contribution in [0.5, 0.6) is 11.5 Å². The summed E-state index contributed by atoms with van der Waals surface area (Å²) >= 11 is 0. The SMILES string of the molecule is Oc1ccc2c3c1O[C@H]1C(Nc4ccccc4)CC[C@@]4(O)[C@@H](C2)N(CC2CC2)CC[C@]314. The average Bonchev–Trinajstić information content (AvgIpc) is 3.51. The number of rotatable bonds is 4. The molecular weight excluding hydrogens is 388 g/mol. The van der Waals surface area contributed by atoms with Crippen molar-refractivity contribution in [3.05, 3.63) is 53.6 Å². The molecule has 1 saturated heterocycles. The number of benzene rings is 2. The van der Waals surface area contributed by atoms with Crippen molar-refractivity contribution in [3.8, 4) is 11.5 Å². The van der Waals surface area contributed by atoms with Crippen molar-refractivity contribution in [1.82, 2.24) is 4.90 Å². The Morgan fingerprint density at radius 2 is 1.90 bits per heavy atom. The number of piperidine rings is 1. The van der Waals surface area contributed by atoms with Crippen molar-refractivity contribution in [3.63, 3.8) is 0 Å². The van der Waals surface area contributed by atoms with Gasteiger partial charge in [0.05, 0.1) is 17.1 Å². The van der Waals surface area contributed by atoms with E-state index in [0.29, 0.717) is 5.75 Å². The molecular formula is C26H30N2O3. The molecule has 31 heavy (non-hydrogen) atoms. The van der Waals surface area contributed by atoms with Crippen molar-refractivity contribution < 1.29 is 14.9 Å². The monoisotopic (exact) mass is 418 g/mol. The number of hydrogen-bond acceptors (Lipinski definition) is 5. The van der Waals surface area contributed by atoms with Gasteiger partial charge in [-0.3, -0.25) is 4.90 Å². The zero-order valence-electron chi connectivity index (χ0n) is 17.8. The van der Waals surface area contributed by atoms with Crippen molar-refractivity contribution in [1.29, 1.82) is 0 Å².